The summed E-state index contributed by atoms with van der Waals surface area (Å²) in [5.41, 5.74) is 0.533. The molecule has 7 nitrogen and oxygen atoms in total. The van der Waals surface area contributed by atoms with Crippen molar-refractivity contribution in [2.24, 2.45) is 0 Å². The Bertz CT molecular complexity index is 1230. The summed E-state index contributed by atoms with van der Waals surface area (Å²) < 4.78 is 56.6. The number of rotatable bonds is 6. The molecule has 1 atom stereocenters. The molecular weight excluding hydrogens is 417 g/mol. The lowest BCUT2D eigenvalue weighted by Gasteiger charge is -2.10. The summed E-state index contributed by atoms with van der Waals surface area (Å²) >= 11 is 0. The van der Waals surface area contributed by atoms with Crippen molar-refractivity contribution in [2.75, 3.05) is 4.72 Å². The molecule has 154 valence electrons. The van der Waals surface area contributed by atoms with Crippen molar-refractivity contribution in [1.82, 2.24) is 24.5 Å². The van der Waals surface area contributed by atoms with Crippen LogP contribution in [-0.2, 0) is 23.7 Å². The van der Waals surface area contributed by atoms with Crippen LogP contribution in [0.4, 0.5) is 18.9 Å². The molecule has 0 aliphatic rings. The molecule has 1 N–H and O–H groups in total. The predicted octanol–water partition coefficient (Wildman–Crippen LogP) is 3.96. The van der Waals surface area contributed by atoms with Crippen LogP contribution >= 0.6 is 0 Å². The number of alkyl halides is 3. The molecule has 0 saturated carbocycles. The summed E-state index contributed by atoms with van der Waals surface area (Å²) in [6, 6.07) is 8.46. The second kappa shape index (κ2) is 7.75. The quantitative estimate of drug-likeness (QED) is 0.468. The molecule has 0 saturated heterocycles. The van der Waals surface area contributed by atoms with E-state index >= 15 is 0 Å². The summed E-state index contributed by atoms with van der Waals surface area (Å²) in [6.07, 6.45) is 1.84. The highest BCUT2D eigenvalue weighted by atomic mass is 32.2. The molecular formula is C19H15F3N6OS. The molecule has 4 aromatic rings. The molecule has 4 rings (SSSR count). The number of aromatic nitrogens is 5. The maximum absolute atomic E-state index is 12.8. The van der Waals surface area contributed by atoms with Crippen LogP contribution in [0.5, 0.6) is 0 Å². The minimum Gasteiger partial charge on any atom is -0.299 e. The van der Waals surface area contributed by atoms with Crippen LogP contribution in [0.2, 0.25) is 0 Å². The molecule has 0 aliphatic carbocycles. The number of hydrogen-bond donors (Lipinski definition) is 1. The molecule has 0 bridgehead atoms. The molecule has 1 unspecified atom stereocenters. The van der Waals surface area contributed by atoms with Crippen LogP contribution in [-0.4, -0.2) is 28.8 Å². The monoisotopic (exact) mass is 432 g/mol. The second-order valence-corrected chi connectivity index (χ2v) is 7.47. The van der Waals surface area contributed by atoms with Gasteiger partial charge in [0.2, 0.25) is 0 Å². The van der Waals surface area contributed by atoms with Gasteiger partial charge in [0, 0.05) is 17.8 Å². The lowest BCUT2D eigenvalue weighted by molar-refractivity contribution is -0.137. The van der Waals surface area contributed by atoms with Gasteiger partial charge in [-0.25, -0.2) is 13.9 Å². The number of halogens is 3. The van der Waals surface area contributed by atoms with Gasteiger partial charge in [0.05, 0.1) is 40.6 Å². The second-order valence-electron chi connectivity index (χ2n) is 6.25. The zero-order chi connectivity index (χ0) is 21.3. The van der Waals surface area contributed by atoms with Crippen molar-refractivity contribution in [2.45, 2.75) is 17.6 Å². The molecule has 0 aliphatic heterocycles. The van der Waals surface area contributed by atoms with Crippen LogP contribution in [0.15, 0.2) is 72.7 Å². The van der Waals surface area contributed by atoms with Crippen LogP contribution in [0.3, 0.4) is 0 Å². The third-order valence-corrected chi connectivity index (χ3v) is 5.32. The number of pyridine rings is 1. The normalized spacial score (nSPS) is 12.8. The van der Waals surface area contributed by atoms with Gasteiger partial charge in [0.15, 0.2) is 16.8 Å². The van der Waals surface area contributed by atoms with Gasteiger partial charge in [0.1, 0.15) is 0 Å². The van der Waals surface area contributed by atoms with Gasteiger partial charge < -0.3 is 0 Å². The fraction of sp³-hybridized carbons (Fsp3) is 0.105. The first kappa shape index (κ1) is 19.8. The van der Waals surface area contributed by atoms with Gasteiger partial charge in [-0.1, -0.05) is 18.2 Å². The van der Waals surface area contributed by atoms with Gasteiger partial charge in [-0.05, 0) is 18.2 Å². The first-order chi connectivity index (χ1) is 14.4. The third-order valence-electron chi connectivity index (χ3n) is 4.25. The van der Waals surface area contributed by atoms with E-state index in [1.807, 2.05) is 12.1 Å². The Hall–Kier alpha value is -3.47. The fourth-order valence-corrected chi connectivity index (χ4v) is 3.68. The SMILES string of the molecule is C=CCn1ncc2cccc(NS(=O)c3ccc(-n4cc(C(F)(F)F)cn4)nc3)c21. The number of allylic oxidation sites excluding steroid dienone is 1. The van der Waals surface area contributed by atoms with Gasteiger partial charge in [-0.15, -0.1) is 6.58 Å². The zero-order valence-corrected chi connectivity index (χ0v) is 16.2. The van der Waals surface area contributed by atoms with E-state index in [9.17, 15) is 17.4 Å². The summed E-state index contributed by atoms with van der Waals surface area (Å²) in [4.78, 5) is 4.43. The summed E-state index contributed by atoms with van der Waals surface area (Å²) in [7, 11) is -1.65. The summed E-state index contributed by atoms with van der Waals surface area (Å²) in [5, 5.41) is 8.85. The highest BCUT2D eigenvalue weighted by Crippen LogP contribution is 2.29. The number of benzene rings is 1. The lowest BCUT2D eigenvalue weighted by atomic mass is 10.2. The standard InChI is InChI=1S/C19H15F3N6OS/c1-2-8-27-18-13(9-24-27)4-3-5-16(18)26-30(29)15-6-7-17(23-11-15)28-12-14(10-25-28)19(20,21)22/h2-7,9-12,26H,1,8H2. The molecule has 0 spiro atoms. The van der Waals surface area contributed by atoms with Crippen LogP contribution in [0.1, 0.15) is 5.56 Å². The van der Waals surface area contributed by atoms with Crippen molar-refractivity contribution in [1.29, 1.82) is 0 Å². The number of hydrogen-bond acceptors (Lipinski definition) is 4. The Labute approximate surface area is 171 Å². The lowest BCUT2D eigenvalue weighted by Crippen LogP contribution is -2.08. The molecule has 1 aromatic carbocycles. The molecule has 0 radical (unpaired) electrons. The van der Waals surface area contributed by atoms with E-state index in [1.54, 1.807) is 23.0 Å². The minimum atomic E-state index is -4.48. The molecule has 0 fully saturated rings. The predicted molar refractivity (Wildman–Crippen MR) is 106 cm³/mol. The summed E-state index contributed by atoms with van der Waals surface area (Å²) in [5.74, 6) is 0.178. The smallest absolute Gasteiger partial charge is 0.299 e. The Morgan fingerprint density at radius 1 is 1.13 bits per heavy atom. The van der Waals surface area contributed by atoms with Gasteiger partial charge in [0.25, 0.3) is 0 Å². The molecule has 0 amide bonds. The van der Waals surface area contributed by atoms with E-state index in [0.717, 1.165) is 28.0 Å². The van der Waals surface area contributed by atoms with E-state index < -0.39 is 22.7 Å². The topological polar surface area (TPSA) is 77.6 Å². The molecule has 3 heterocycles. The zero-order valence-electron chi connectivity index (χ0n) is 15.4. The highest BCUT2D eigenvalue weighted by molar-refractivity contribution is 7.86. The number of nitrogens with one attached hydrogen (secondary N) is 1. The van der Waals surface area contributed by atoms with Crippen molar-refractivity contribution >= 4 is 27.6 Å². The molecule has 30 heavy (non-hydrogen) atoms. The van der Waals surface area contributed by atoms with Crippen LogP contribution < -0.4 is 4.72 Å². The maximum atomic E-state index is 12.8. The van der Waals surface area contributed by atoms with Crippen molar-refractivity contribution < 1.29 is 17.4 Å². The molecule has 3 aromatic heterocycles. The Balaban J connectivity index is 1.56. The first-order valence-electron chi connectivity index (χ1n) is 8.69. The third kappa shape index (κ3) is 3.83. The Morgan fingerprint density at radius 2 is 1.97 bits per heavy atom. The maximum Gasteiger partial charge on any atom is 0.419 e. The summed E-state index contributed by atoms with van der Waals surface area (Å²) in [6.45, 7) is 4.20. The van der Waals surface area contributed by atoms with Crippen LogP contribution in [0, 0.1) is 0 Å². The van der Waals surface area contributed by atoms with E-state index in [1.165, 1.54) is 18.3 Å². The van der Waals surface area contributed by atoms with Crippen molar-refractivity contribution in [3.05, 3.63) is 73.3 Å². The van der Waals surface area contributed by atoms with Crippen molar-refractivity contribution in [3.8, 4) is 5.82 Å². The van der Waals surface area contributed by atoms with Gasteiger partial charge in [-0.3, -0.25) is 9.40 Å². The largest absolute Gasteiger partial charge is 0.419 e. The average molecular weight is 432 g/mol. The molecule has 11 heteroatoms. The van der Waals surface area contributed by atoms with E-state index in [0.29, 0.717) is 17.1 Å². The van der Waals surface area contributed by atoms with Gasteiger partial charge >= 0.3 is 6.18 Å². The van der Waals surface area contributed by atoms with Crippen LogP contribution in [0.25, 0.3) is 16.7 Å². The van der Waals surface area contributed by atoms with Crippen molar-refractivity contribution in [3.63, 3.8) is 0 Å². The Kier molecular flexibility index (Phi) is 5.12. The number of para-hydroxylation sites is 1. The fourth-order valence-electron chi connectivity index (χ4n) is 2.86. The Morgan fingerprint density at radius 3 is 2.63 bits per heavy atom. The van der Waals surface area contributed by atoms with E-state index in [2.05, 4.69) is 26.5 Å². The average Bonchev–Trinajstić information content (AvgIpc) is 3.37. The van der Waals surface area contributed by atoms with E-state index in [-0.39, 0.29) is 5.82 Å². The number of anilines is 1. The number of nitrogens with zero attached hydrogens (tertiary/aromatic N) is 5. The highest BCUT2D eigenvalue weighted by Gasteiger charge is 2.32. The minimum absolute atomic E-state index is 0.178. The first-order valence-corrected chi connectivity index (χ1v) is 9.84. The van der Waals surface area contributed by atoms with E-state index in [4.69, 9.17) is 0 Å². The van der Waals surface area contributed by atoms with Gasteiger partial charge in [-0.2, -0.15) is 23.4 Å². The number of fused-ring (bicyclic) bond motifs is 1.